The summed E-state index contributed by atoms with van der Waals surface area (Å²) in [6.45, 7) is 3.82. The average molecular weight is 343 g/mol. The SMILES string of the molecule is C[C@H](CC(=O)N(CCN(C)C)Cc1cccnc1)c1ccccc1F. The number of aromatic nitrogens is 1. The minimum Gasteiger partial charge on any atom is -0.337 e. The van der Waals surface area contributed by atoms with Crippen LogP contribution in [0.4, 0.5) is 4.39 Å². The molecule has 1 aromatic heterocycles. The van der Waals surface area contributed by atoms with Gasteiger partial charge in [0.2, 0.25) is 5.91 Å². The van der Waals surface area contributed by atoms with E-state index in [1.165, 1.54) is 6.07 Å². The number of rotatable bonds is 8. The summed E-state index contributed by atoms with van der Waals surface area (Å²) in [7, 11) is 3.96. The van der Waals surface area contributed by atoms with Gasteiger partial charge in [0.1, 0.15) is 5.82 Å². The van der Waals surface area contributed by atoms with Crippen molar-refractivity contribution in [3.63, 3.8) is 0 Å². The maximum absolute atomic E-state index is 14.0. The Kier molecular flexibility index (Phi) is 7.07. The van der Waals surface area contributed by atoms with Crippen molar-refractivity contribution in [3.8, 4) is 0 Å². The fourth-order valence-corrected chi connectivity index (χ4v) is 2.70. The Morgan fingerprint density at radius 1 is 1.16 bits per heavy atom. The summed E-state index contributed by atoms with van der Waals surface area (Å²) >= 11 is 0. The number of hydrogen-bond donors (Lipinski definition) is 0. The minimum atomic E-state index is -0.255. The molecule has 0 spiro atoms. The smallest absolute Gasteiger partial charge is 0.223 e. The lowest BCUT2D eigenvalue weighted by Gasteiger charge is -2.26. The van der Waals surface area contributed by atoms with E-state index in [4.69, 9.17) is 0 Å². The Morgan fingerprint density at radius 2 is 1.92 bits per heavy atom. The van der Waals surface area contributed by atoms with E-state index in [-0.39, 0.29) is 24.1 Å². The van der Waals surface area contributed by atoms with E-state index in [0.717, 1.165) is 12.1 Å². The van der Waals surface area contributed by atoms with Crippen LogP contribution in [0.5, 0.6) is 0 Å². The lowest BCUT2D eigenvalue weighted by atomic mass is 9.96. The average Bonchev–Trinajstić information content (AvgIpc) is 2.59. The molecule has 2 rings (SSSR count). The van der Waals surface area contributed by atoms with E-state index in [1.54, 1.807) is 30.6 Å². The highest BCUT2D eigenvalue weighted by molar-refractivity contribution is 5.77. The molecule has 0 aliphatic rings. The quantitative estimate of drug-likeness (QED) is 0.738. The molecular weight excluding hydrogens is 317 g/mol. The zero-order chi connectivity index (χ0) is 18.2. The number of halogens is 1. The normalized spacial score (nSPS) is 12.2. The molecule has 5 heteroatoms. The summed E-state index contributed by atoms with van der Waals surface area (Å²) in [6, 6.07) is 10.5. The summed E-state index contributed by atoms with van der Waals surface area (Å²) < 4.78 is 14.0. The highest BCUT2D eigenvalue weighted by atomic mass is 19.1. The van der Waals surface area contributed by atoms with Crippen LogP contribution in [0.15, 0.2) is 48.8 Å². The van der Waals surface area contributed by atoms with Crippen molar-refractivity contribution < 1.29 is 9.18 Å². The molecule has 2 aromatic rings. The van der Waals surface area contributed by atoms with Crippen LogP contribution in [0.1, 0.15) is 30.4 Å². The number of benzene rings is 1. The van der Waals surface area contributed by atoms with Crippen LogP contribution in [0.25, 0.3) is 0 Å². The van der Waals surface area contributed by atoms with Crippen LogP contribution in [0, 0.1) is 5.82 Å². The van der Waals surface area contributed by atoms with Gasteiger partial charge >= 0.3 is 0 Å². The maximum Gasteiger partial charge on any atom is 0.223 e. The topological polar surface area (TPSA) is 36.4 Å². The fraction of sp³-hybridized carbons (Fsp3) is 0.400. The monoisotopic (exact) mass is 343 g/mol. The van der Waals surface area contributed by atoms with E-state index in [2.05, 4.69) is 4.98 Å². The molecule has 1 aromatic carbocycles. The number of hydrogen-bond acceptors (Lipinski definition) is 3. The Balaban J connectivity index is 2.07. The first-order valence-corrected chi connectivity index (χ1v) is 8.53. The van der Waals surface area contributed by atoms with Gasteiger partial charge in [-0.25, -0.2) is 4.39 Å². The third-order valence-electron chi connectivity index (χ3n) is 4.18. The van der Waals surface area contributed by atoms with E-state index < -0.39 is 0 Å². The predicted molar refractivity (Wildman–Crippen MR) is 97.6 cm³/mol. The van der Waals surface area contributed by atoms with Crippen molar-refractivity contribution in [2.75, 3.05) is 27.2 Å². The summed E-state index contributed by atoms with van der Waals surface area (Å²) in [6.07, 6.45) is 3.78. The molecule has 1 atom stereocenters. The molecule has 0 aliphatic carbocycles. The molecule has 0 saturated heterocycles. The second-order valence-electron chi connectivity index (χ2n) is 6.61. The number of carbonyl (C=O) groups excluding carboxylic acids is 1. The molecule has 0 aliphatic heterocycles. The number of nitrogens with zero attached hydrogens (tertiary/aromatic N) is 3. The van der Waals surface area contributed by atoms with Crippen LogP contribution < -0.4 is 0 Å². The molecule has 0 N–H and O–H groups in total. The number of likely N-dealkylation sites (N-methyl/N-ethyl adjacent to an activating group) is 1. The van der Waals surface area contributed by atoms with Gasteiger partial charge in [0.15, 0.2) is 0 Å². The molecule has 4 nitrogen and oxygen atoms in total. The first-order chi connectivity index (χ1) is 12.0. The van der Waals surface area contributed by atoms with Crippen LogP contribution in [0.2, 0.25) is 0 Å². The molecule has 1 heterocycles. The van der Waals surface area contributed by atoms with Gasteiger partial charge in [-0.05, 0) is 43.3 Å². The van der Waals surface area contributed by atoms with Crippen molar-refractivity contribution in [3.05, 3.63) is 65.7 Å². The third-order valence-corrected chi connectivity index (χ3v) is 4.18. The molecule has 0 unspecified atom stereocenters. The van der Waals surface area contributed by atoms with Crippen LogP contribution in [-0.2, 0) is 11.3 Å². The van der Waals surface area contributed by atoms with Crippen LogP contribution in [0.3, 0.4) is 0 Å². The molecule has 25 heavy (non-hydrogen) atoms. The maximum atomic E-state index is 14.0. The second kappa shape index (κ2) is 9.28. The fourth-order valence-electron chi connectivity index (χ4n) is 2.70. The first kappa shape index (κ1) is 19.1. The summed E-state index contributed by atoms with van der Waals surface area (Å²) in [5.74, 6) is -0.388. The highest BCUT2D eigenvalue weighted by Gasteiger charge is 2.20. The summed E-state index contributed by atoms with van der Waals surface area (Å²) in [5, 5.41) is 0. The van der Waals surface area contributed by atoms with Crippen molar-refractivity contribution in [2.24, 2.45) is 0 Å². The predicted octanol–water partition coefficient (Wildman–Crippen LogP) is 3.30. The summed E-state index contributed by atoms with van der Waals surface area (Å²) in [5.41, 5.74) is 1.58. The Bertz CT molecular complexity index is 676. The number of pyridine rings is 1. The zero-order valence-corrected chi connectivity index (χ0v) is 15.2. The van der Waals surface area contributed by atoms with Crippen molar-refractivity contribution in [1.82, 2.24) is 14.8 Å². The van der Waals surface area contributed by atoms with Gasteiger partial charge in [0.05, 0.1) is 0 Å². The lowest BCUT2D eigenvalue weighted by Crippen LogP contribution is -2.36. The Morgan fingerprint density at radius 3 is 2.56 bits per heavy atom. The standard InChI is InChI=1S/C20H26FN3O/c1-16(18-8-4-5-9-19(18)21)13-20(25)24(12-11-23(2)3)15-17-7-6-10-22-14-17/h4-10,14,16H,11-13,15H2,1-3H3/t16-/m1/s1. The summed E-state index contributed by atoms with van der Waals surface area (Å²) in [4.78, 5) is 20.8. The Hall–Kier alpha value is -2.27. The lowest BCUT2D eigenvalue weighted by molar-refractivity contribution is -0.132. The van der Waals surface area contributed by atoms with E-state index >= 15 is 0 Å². The van der Waals surface area contributed by atoms with Crippen LogP contribution in [-0.4, -0.2) is 47.9 Å². The van der Waals surface area contributed by atoms with E-state index in [0.29, 0.717) is 18.7 Å². The van der Waals surface area contributed by atoms with Gasteiger partial charge in [-0.3, -0.25) is 9.78 Å². The number of carbonyl (C=O) groups is 1. The first-order valence-electron chi connectivity index (χ1n) is 8.53. The third kappa shape index (κ3) is 5.94. The molecule has 0 radical (unpaired) electrons. The highest BCUT2D eigenvalue weighted by Crippen LogP contribution is 2.23. The van der Waals surface area contributed by atoms with Gasteiger partial charge < -0.3 is 9.80 Å². The molecule has 0 saturated carbocycles. The minimum absolute atomic E-state index is 0.0291. The van der Waals surface area contributed by atoms with Gasteiger partial charge in [-0.15, -0.1) is 0 Å². The molecule has 1 amide bonds. The van der Waals surface area contributed by atoms with Gasteiger partial charge in [0.25, 0.3) is 0 Å². The van der Waals surface area contributed by atoms with Crippen LogP contribution >= 0.6 is 0 Å². The molecule has 0 fully saturated rings. The van der Waals surface area contributed by atoms with E-state index in [9.17, 15) is 9.18 Å². The van der Waals surface area contributed by atoms with Gasteiger partial charge in [0, 0.05) is 38.4 Å². The molecule has 0 bridgehead atoms. The second-order valence-corrected chi connectivity index (χ2v) is 6.61. The molecule has 134 valence electrons. The largest absolute Gasteiger partial charge is 0.337 e. The molecular formula is C20H26FN3O. The van der Waals surface area contributed by atoms with Crippen molar-refractivity contribution in [1.29, 1.82) is 0 Å². The van der Waals surface area contributed by atoms with Crippen molar-refractivity contribution >= 4 is 5.91 Å². The van der Waals surface area contributed by atoms with Crippen molar-refractivity contribution in [2.45, 2.75) is 25.8 Å². The number of amides is 1. The van der Waals surface area contributed by atoms with E-state index in [1.807, 2.05) is 43.0 Å². The van der Waals surface area contributed by atoms with Gasteiger partial charge in [-0.2, -0.15) is 0 Å². The Labute approximate surface area is 149 Å². The van der Waals surface area contributed by atoms with Gasteiger partial charge in [-0.1, -0.05) is 31.2 Å². The zero-order valence-electron chi connectivity index (χ0n) is 15.2.